The van der Waals surface area contributed by atoms with Crippen molar-refractivity contribution < 1.29 is 4.52 Å². The number of fused-ring (bicyclic) bond motifs is 3. The smallest absolute Gasteiger partial charge is 0.262 e. The Bertz CT molecular complexity index is 1520. The lowest BCUT2D eigenvalue weighted by molar-refractivity contribution is 0.408. The molecule has 1 aliphatic carbocycles. The minimum absolute atomic E-state index is 0.105. The Morgan fingerprint density at radius 2 is 1.89 bits per heavy atom. The summed E-state index contributed by atoms with van der Waals surface area (Å²) in [5.41, 5.74) is 4.54. The second-order valence-corrected chi connectivity index (χ2v) is 10.5. The molecule has 0 saturated heterocycles. The molecule has 6 nitrogen and oxygen atoms in total. The fourth-order valence-corrected chi connectivity index (χ4v) is 6.27. The summed E-state index contributed by atoms with van der Waals surface area (Å²) in [7, 11) is 0. The summed E-state index contributed by atoms with van der Waals surface area (Å²) in [5, 5.41) is 8.70. The molecule has 36 heavy (non-hydrogen) atoms. The van der Waals surface area contributed by atoms with Gasteiger partial charge in [-0.1, -0.05) is 65.8 Å². The van der Waals surface area contributed by atoms with Gasteiger partial charge >= 0.3 is 0 Å². The maximum absolute atomic E-state index is 13.3. The van der Waals surface area contributed by atoms with Crippen LogP contribution < -0.4 is 10.9 Å². The molecule has 0 aliphatic heterocycles. The molecule has 2 aromatic carbocycles. The molecule has 0 fully saturated rings. The number of nitrogens with one attached hydrogen (secondary N) is 1. The summed E-state index contributed by atoms with van der Waals surface area (Å²) in [6, 6.07) is 22.8. The SMILES string of the molecule is O=c1c2c3c(sc2ncn1CCCc1ccccc1)CC(NCc1cc(-c2ccccc2)on1)CC3. The molecule has 182 valence electrons. The summed E-state index contributed by atoms with van der Waals surface area (Å²) in [6.07, 6.45) is 6.40. The van der Waals surface area contributed by atoms with Crippen LogP contribution >= 0.6 is 11.3 Å². The summed E-state index contributed by atoms with van der Waals surface area (Å²) < 4.78 is 7.32. The van der Waals surface area contributed by atoms with E-state index in [0.29, 0.717) is 19.1 Å². The van der Waals surface area contributed by atoms with Crippen LogP contribution in [0.5, 0.6) is 0 Å². The summed E-state index contributed by atoms with van der Waals surface area (Å²) in [4.78, 5) is 20.1. The predicted molar refractivity (Wildman–Crippen MR) is 143 cm³/mol. The van der Waals surface area contributed by atoms with E-state index in [4.69, 9.17) is 4.52 Å². The number of aryl methyl sites for hydroxylation is 3. The van der Waals surface area contributed by atoms with E-state index < -0.39 is 0 Å². The fraction of sp³-hybridized carbons (Fsp3) is 0.276. The van der Waals surface area contributed by atoms with E-state index in [2.05, 4.69) is 39.7 Å². The van der Waals surface area contributed by atoms with Crippen molar-refractivity contribution in [1.29, 1.82) is 0 Å². The van der Waals surface area contributed by atoms with E-state index in [9.17, 15) is 4.79 Å². The third kappa shape index (κ3) is 4.76. The largest absolute Gasteiger partial charge is 0.356 e. The van der Waals surface area contributed by atoms with Crippen molar-refractivity contribution in [2.75, 3.05) is 0 Å². The van der Waals surface area contributed by atoms with Crippen molar-refractivity contribution >= 4 is 21.6 Å². The third-order valence-corrected chi connectivity index (χ3v) is 8.09. The van der Waals surface area contributed by atoms with E-state index in [1.54, 1.807) is 22.2 Å². The first-order valence-corrected chi connectivity index (χ1v) is 13.3. The van der Waals surface area contributed by atoms with Gasteiger partial charge in [0.25, 0.3) is 5.56 Å². The summed E-state index contributed by atoms with van der Waals surface area (Å²) >= 11 is 1.67. The van der Waals surface area contributed by atoms with Gasteiger partial charge < -0.3 is 9.84 Å². The van der Waals surface area contributed by atoms with Crippen molar-refractivity contribution in [3.63, 3.8) is 0 Å². The Morgan fingerprint density at radius 3 is 2.72 bits per heavy atom. The average Bonchev–Trinajstić information content (AvgIpc) is 3.55. The number of thiophene rings is 1. The van der Waals surface area contributed by atoms with Crippen LogP contribution in [0.2, 0.25) is 0 Å². The Morgan fingerprint density at radius 1 is 1.08 bits per heavy atom. The van der Waals surface area contributed by atoms with Crippen molar-refractivity contribution in [2.24, 2.45) is 0 Å². The lowest BCUT2D eigenvalue weighted by atomic mass is 9.93. The van der Waals surface area contributed by atoms with E-state index in [1.807, 2.05) is 42.5 Å². The maximum atomic E-state index is 13.3. The van der Waals surface area contributed by atoms with E-state index in [-0.39, 0.29) is 5.56 Å². The number of benzene rings is 2. The molecule has 3 heterocycles. The van der Waals surface area contributed by atoms with Crippen LogP contribution in [0, 0.1) is 0 Å². The lowest BCUT2D eigenvalue weighted by Gasteiger charge is -2.23. The molecule has 1 N–H and O–H groups in total. The topological polar surface area (TPSA) is 73.0 Å². The second-order valence-electron chi connectivity index (χ2n) is 9.39. The lowest BCUT2D eigenvalue weighted by Crippen LogP contribution is -2.34. The molecule has 6 rings (SSSR count). The molecule has 1 atom stereocenters. The van der Waals surface area contributed by atoms with Gasteiger partial charge in [-0.2, -0.15) is 0 Å². The Kier molecular flexibility index (Phi) is 6.49. The fourth-order valence-electron chi connectivity index (χ4n) is 5.02. The number of nitrogens with zero attached hydrogens (tertiary/aromatic N) is 3. The highest BCUT2D eigenvalue weighted by molar-refractivity contribution is 7.18. The first-order valence-electron chi connectivity index (χ1n) is 12.5. The van der Waals surface area contributed by atoms with Crippen molar-refractivity contribution in [3.05, 3.63) is 105 Å². The van der Waals surface area contributed by atoms with Gasteiger partial charge in [-0.3, -0.25) is 9.36 Å². The molecule has 1 unspecified atom stereocenters. The first-order chi connectivity index (χ1) is 17.7. The first kappa shape index (κ1) is 22.9. The number of rotatable bonds is 8. The van der Waals surface area contributed by atoms with Crippen LogP contribution in [0.4, 0.5) is 0 Å². The Labute approximate surface area is 213 Å². The standard InChI is InChI=1S/C29H28N4O2S/c34-29-27-24-14-13-22(30-18-23-16-25(35-32-23)21-11-5-2-6-12-21)17-26(24)36-28(27)31-19-33(29)15-7-10-20-8-3-1-4-9-20/h1-6,8-9,11-12,16,19,22,30H,7,10,13-15,17-18H2. The highest BCUT2D eigenvalue weighted by atomic mass is 32.1. The van der Waals surface area contributed by atoms with Gasteiger partial charge in [-0.15, -0.1) is 11.3 Å². The monoisotopic (exact) mass is 496 g/mol. The summed E-state index contributed by atoms with van der Waals surface area (Å²) in [6.45, 7) is 1.35. The van der Waals surface area contributed by atoms with Crippen molar-refractivity contribution in [1.82, 2.24) is 20.0 Å². The molecule has 0 spiro atoms. The van der Waals surface area contributed by atoms with E-state index >= 15 is 0 Å². The molecule has 1 aliphatic rings. The molecular weight excluding hydrogens is 468 g/mol. The Balaban J connectivity index is 1.11. The quantitative estimate of drug-likeness (QED) is 0.312. The molecular formula is C29H28N4O2S. The van der Waals surface area contributed by atoms with Gasteiger partial charge in [0.1, 0.15) is 4.83 Å². The van der Waals surface area contributed by atoms with Crippen LogP contribution in [0.25, 0.3) is 21.5 Å². The third-order valence-electron chi connectivity index (χ3n) is 6.93. The minimum Gasteiger partial charge on any atom is -0.356 e. The van der Waals surface area contributed by atoms with Gasteiger partial charge in [0.2, 0.25) is 0 Å². The van der Waals surface area contributed by atoms with Gasteiger partial charge in [0.05, 0.1) is 17.4 Å². The van der Waals surface area contributed by atoms with Crippen LogP contribution in [0.15, 0.2) is 82.4 Å². The second kappa shape index (κ2) is 10.2. The van der Waals surface area contributed by atoms with Crippen molar-refractivity contribution in [2.45, 2.75) is 51.2 Å². The Hall–Kier alpha value is -3.55. The normalized spacial score (nSPS) is 15.3. The molecule has 0 radical (unpaired) electrons. The van der Waals surface area contributed by atoms with Crippen LogP contribution in [0.3, 0.4) is 0 Å². The maximum Gasteiger partial charge on any atom is 0.262 e. The number of hydrogen-bond acceptors (Lipinski definition) is 6. The zero-order valence-corrected chi connectivity index (χ0v) is 20.8. The average molecular weight is 497 g/mol. The van der Waals surface area contributed by atoms with Gasteiger partial charge in [-0.25, -0.2) is 4.98 Å². The van der Waals surface area contributed by atoms with E-state index in [1.165, 1.54) is 16.0 Å². The molecule has 7 heteroatoms. The van der Waals surface area contributed by atoms with Crippen LogP contribution in [-0.4, -0.2) is 20.7 Å². The van der Waals surface area contributed by atoms with Crippen LogP contribution in [0.1, 0.15) is 34.5 Å². The van der Waals surface area contributed by atoms with Gasteiger partial charge in [-0.05, 0) is 43.2 Å². The number of aromatic nitrogens is 3. The zero-order chi connectivity index (χ0) is 24.3. The van der Waals surface area contributed by atoms with E-state index in [0.717, 1.165) is 59.3 Å². The van der Waals surface area contributed by atoms with Crippen molar-refractivity contribution in [3.8, 4) is 11.3 Å². The highest BCUT2D eigenvalue weighted by Crippen LogP contribution is 2.33. The number of hydrogen-bond donors (Lipinski definition) is 1. The molecule has 5 aromatic rings. The van der Waals surface area contributed by atoms with Crippen LogP contribution in [-0.2, 0) is 32.4 Å². The summed E-state index contributed by atoms with van der Waals surface area (Å²) in [5.74, 6) is 0.786. The molecule has 0 bridgehead atoms. The minimum atomic E-state index is 0.105. The molecule has 0 amide bonds. The predicted octanol–water partition coefficient (Wildman–Crippen LogP) is 5.39. The van der Waals surface area contributed by atoms with Gasteiger partial charge in [0.15, 0.2) is 5.76 Å². The van der Waals surface area contributed by atoms with Gasteiger partial charge in [0, 0.05) is 35.6 Å². The molecule has 0 saturated carbocycles. The highest BCUT2D eigenvalue weighted by Gasteiger charge is 2.25. The molecule has 3 aromatic heterocycles. The zero-order valence-electron chi connectivity index (χ0n) is 20.0.